The van der Waals surface area contributed by atoms with E-state index in [0.29, 0.717) is 6.61 Å². The molecular formula is C10H13BrO2. The Morgan fingerprint density at radius 2 is 1.92 bits per heavy atom. The zero-order chi connectivity index (χ0) is 9.52. The topological polar surface area (TPSA) is 18.5 Å². The molecule has 0 aliphatic heterocycles. The van der Waals surface area contributed by atoms with Crippen molar-refractivity contribution in [3.8, 4) is 5.75 Å². The van der Waals surface area contributed by atoms with E-state index in [1.165, 1.54) is 5.56 Å². The van der Waals surface area contributed by atoms with Crippen LogP contribution in [0.3, 0.4) is 0 Å². The number of hydrogen-bond acceptors (Lipinski definition) is 2. The lowest BCUT2D eigenvalue weighted by atomic mass is 10.2. The zero-order valence-corrected chi connectivity index (χ0v) is 9.21. The van der Waals surface area contributed by atoms with Gasteiger partial charge in [0.25, 0.3) is 0 Å². The van der Waals surface area contributed by atoms with Crippen LogP contribution in [-0.4, -0.2) is 19.0 Å². The van der Waals surface area contributed by atoms with E-state index < -0.39 is 0 Å². The summed E-state index contributed by atoms with van der Waals surface area (Å²) in [7, 11) is 1.66. The average molecular weight is 245 g/mol. The maximum atomic E-state index is 5.35. The molecule has 1 aromatic rings. The third-order valence-corrected chi connectivity index (χ3v) is 1.97. The molecule has 0 aliphatic carbocycles. The van der Waals surface area contributed by atoms with Gasteiger partial charge in [0.2, 0.25) is 0 Å². The second-order valence-corrected chi connectivity index (χ2v) is 3.38. The molecule has 2 nitrogen and oxygen atoms in total. The van der Waals surface area contributed by atoms with E-state index in [-0.39, 0.29) is 0 Å². The highest BCUT2D eigenvalue weighted by molar-refractivity contribution is 9.09. The summed E-state index contributed by atoms with van der Waals surface area (Å²) in [4.78, 5) is 0. The van der Waals surface area contributed by atoms with Crippen LogP contribution in [0, 0.1) is 0 Å². The van der Waals surface area contributed by atoms with E-state index in [1.807, 2.05) is 24.3 Å². The molecule has 1 aromatic carbocycles. The van der Waals surface area contributed by atoms with Crippen LogP contribution >= 0.6 is 15.9 Å². The molecular weight excluding hydrogens is 232 g/mol. The summed E-state index contributed by atoms with van der Waals surface area (Å²) in [6.07, 6.45) is 0. The van der Waals surface area contributed by atoms with Crippen molar-refractivity contribution >= 4 is 15.9 Å². The Balaban J connectivity index is 2.40. The highest BCUT2D eigenvalue weighted by atomic mass is 79.9. The molecule has 0 aliphatic rings. The van der Waals surface area contributed by atoms with E-state index in [0.717, 1.165) is 17.7 Å². The van der Waals surface area contributed by atoms with Crippen LogP contribution in [-0.2, 0) is 11.3 Å². The first kappa shape index (κ1) is 10.5. The molecule has 0 unspecified atom stereocenters. The highest BCUT2D eigenvalue weighted by Crippen LogP contribution is 2.11. The SMILES string of the molecule is COc1ccc(COCCBr)cc1. The second kappa shape index (κ2) is 6.00. The molecule has 0 saturated carbocycles. The second-order valence-electron chi connectivity index (χ2n) is 2.59. The molecule has 0 heterocycles. The lowest BCUT2D eigenvalue weighted by Crippen LogP contribution is -1.95. The summed E-state index contributed by atoms with van der Waals surface area (Å²) in [5.41, 5.74) is 1.17. The van der Waals surface area contributed by atoms with E-state index in [1.54, 1.807) is 7.11 Å². The van der Waals surface area contributed by atoms with Gasteiger partial charge in [-0.3, -0.25) is 0 Å². The molecule has 1 rings (SSSR count). The number of hydrogen-bond donors (Lipinski definition) is 0. The molecule has 0 N–H and O–H groups in total. The van der Waals surface area contributed by atoms with E-state index >= 15 is 0 Å². The van der Waals surface area contributed by atoms with Crippen molar-refractivity contribution < 1.29 is 9.47 Å². The first-order valence-corrected chi connectivity index (χ1v) is 5.25. The van der Waals surface area contributed by atoms with Crippen LogP contribution in [0.15, 0.2) is 24.3 Å². The number of rotatable bonds is 5. The lowest BCUT2D eigenvalue weighted by molar-refractivity contribution is 0.137. The fraction of sp³-hybridized carbons (Fsp3) is 0.400. The predicted octanol–water partition coefficient (Wildman–Crippen LogP) is 2.61. The molecule has 0 aromatic heterocycles. The summed E-state index contributed by atoms with van der Waals surface area (Å²) >= 11 is 3.30. The van der Waals surface area contributed by atoms with Crippen LogP contribution in [0.2, 0.25) is 0 Å². The van der Waals surface area contributed by atoms with Crippen LogP contribution in [0.5, 0.6) is 5.75 Å². The number of ether oxygens (including phenoxy) is 2. The minimum atomic E-state index is 0.662. The van der Waals surface area contributed by atoms with Crippen LogP contribution in [0.1, 0.15) is 5.56 Å². The molecule has 0 amide bonds. The quantitative estimate of drug-likeness (QED) is 0.586. The number of alkyl halides is 1. The Kier molecular flexibility index (Phi) is 4.86. The summed E-state index contributed by atoms with van der Waals surface area (Å²) in [5, 5.41) is 0.878. The molecule has 0 spiro atoms. The van der Waals surface area contributed by atoms with E-state index in [4.69, 9.17) is 9.47 Å². The van der Waals surface area contributed by atoms with Crippen molar-refractivity contribution in [2.24, 2.45) is 0 Å². The fourth-order valence-corrected chi connectivity index (χ4v) is 1.20. The van der Waals surface area contributed by atoms with Crippen molar-refractivity contribution in [2.75, 3.05) is 19.0 Å². The van der Waals surface area contributed by atoms with Gasteiger partial charge in [0, 0.05) is 5.33 Å². The van der Waals surface area contributed by atoms with Gasteiger partial charge in [0.05, 0.1) is 20.3 Å². The average Bonchev–Trinajstić information content (AvgIpc) is 2.19. The standard InChI is InChI=1S/C10H13BrO2/c1-12-10-4-2-9(3-5-10)8-13-7-6-11/h2-5H,6-8H2,1H3. The van der Waals surface area contributed by atoms with Gasteiger partial charge in [-0.25, -0.2) is 0 Å². The Morgan fingerprint density at radius 3 is 2.46 bits per heavy atom. The molecule has 72 valence electrons. The summed E-state index contributed by atoms with van der Waals surface area (Å²) < 4.78 is 10.4. The summed E-state index contributed by atoms with van der Waals surface area (Å²) in [5.74, 6) is 0.879. The minimum absolute atomic E-state index is 0.662. The number of halogens is 1. The zero-order valence-electron chi connectivity index (χ0n) is 7.63. The molecule has 0 bridgehead atoms. The predicted molar refractivity (Wildman–Crippen MR) is 56.4 cm³/mol. The van der Waals surface area contributed by atoms with Crippen LogP contribution in [0.25, 0.3) is 0 Å². The number of methoxy groups -OCH3 is 1. The number of benzene rings is 1. The fourth-order valence-electron chi connectivity index (χ4n) is 0.966. The van der Waals surface area contributed by atoms with Gasteiger partial charge < -0.3 is 9.47 Å². The molecule has 3 heteroatoms. The lowest BCUT2D eigenvalue weighted by Gasteiger charge is -2.03. The van der Waals surface area contributed by atoms with Gasteiger partial charge in [-0.2, -0.15) is 0 Å². The first-order valence-electron chi connectivity index (χ1n) is 4.13. The van der Waals surface area contributed by atoms with Gasteiger partial charge >= 0.3 is 0 Å². The monoisotopic (exact) mass is 244 g/mol. The molecule has 0 radical (unpaired) electrons. The first-order chi connectivity index (χ1) is 6.36. The summed E-state index contributed by atoms with van der Waals surface area (Å²) in [6, 6.07) is 7.89. The molecule has 13 heavy (non-hydrogen) atoms. The largest absolute Gasteiger partial charge is 0.497 e. The van der Waals surface area contributed by atoms with Gasteiger partial charge in [-0.05, 0) is 17.7 Å². The Hall–Kier alpha value is -0.540. The van der Waals surface area contributed by atoms with Crippen LogP contribution < -0.4 is 4.74 Å². The van der Waals surface area contributed by atoms with Gasteiger partial charge in [-0.1, -0.05) is 28.1 Å². The maximum absolute atomic E-state index is 5.35. The van der Waals surface area contributed by atoms with E-state index in [2.05, 4.69) is 15.9 Å². The summed E-state index contributed by atoms with van der Waals surface area (Å²) in [6.45, 7) is 1.40. The Bertz CT molecular complexity index is 233. The van der Waals surface area contributed by atoms with Crippen LogP contribution in [0.4, 0.5) is 0 Å². The molecule has 0 atom stereocenters. The van der Waals surface area contributed by atoms with Crippen molar-refractivity contribution in [3.05, 3.63) is 29.8 Å². The van der Waals surface area contributed by atoms with Crippen molar-refractivity contribution in [2.45, 2.75) is 6.61 Å². The minimum Gasteiger partial charge on any atom is -0.497 e. The Labute approximate surface area is 87.0 Å². The smallest absolute Gasteiger partial charge is 0.118 e. The van der Waals surface area contributed by atoms with Crippen molar-refractivity contribution in [3.63, 3.8) is 0 Å². The van der Waals surface area contributed by atoms with E-state index in [9.17, 15) is 0 Å². The van der Waals surface area contributed by atoms with Gasteiger partial charge in [-0.15, -0.1) is 0 Å². The Morgan fingerprint density at radius 1 is 1.23 bits per heavy atom. The molecule has 0 saturated heterocycles. The van der Waals surface area contributed by atoms with Crippen molar-refractivity contribution in [1.29, 1.82) is 0 Å². The van der Waals surface area contributed by atoms with Gasteiger partial charge in [0.15, 0.2) is 0 Å². The third-order valence-electron chi connectivity index (χ3n) is 1.65. The highest BCUT2D eigenvalue weighted by Gasteiger charge is 1.93. The molecule has 0 fully saturated rings. The van der Waals surface area contributed by atoms with Gasteiger partial charge in [0.1, 0.15) is 5.75 Å². The maximum Gasteiger partial charge on any atom is 0.118 e. The third kappa shape index (κ3) is 3.79. The van der Waals surface area contributed by atoms with Crippen molar-refractivity contribution in [1.82, 2.24) is 0 Å². The normalized spacial score (nSPS) is 10.0.